The Balaban J connectivity index is 2.70. The second-order valence-corrected chi connectivity index (χ2v) is 5.63. The SMILES string of the molecule is CCC(C)SCC(=O)c1cccc(C)c1C. The van der Waals surface area contributed by atoms with Crippen molar-refractivity contribution in [1.29, 1.82) is 0 Å². The summed E-state index contributed by atoms with van der Waals surface area (Å²) in [6.07, 6.45) is 1.12. The van der Waals surface area contributed by atoms with Gasteiger partial charge in [-0.25, -0.2) is 0 Å². The highest BCUT2D eigenvalue weighted by molar-refractivity contribution is 8.00. The van der Waals surface area contributed by atoms with Crippen molar-refractivity contribution in [3.63, 3.8) is 0 Å². The standard InChI is InChI=1S/C14H20OS/c1-5-11(3)16-9-14(15)13-8-6-7-10(2)12(13)4/h6-8,11H,5,9H2,1-4H3. The van der Waals surface area contributed by atoms with Crippen LogP contribution in [0.5, 0.6) is 0 Å². The van der Waals surface area contributed by atoms with Gasteiger partial charge in [0.15, 0.2) is 5.78 Å². The van der Waals surface area contributed by atoms with Crippen LogP contribution in [-0.2, 0) is 0 Å². The highest BCUT2D eigenvalue weighted by Crippen LogP contribution is 2.18. The van der Waals surface area contributed by atoms with Gasteiger partial charge in [-0.05, 0) is 31.4 Å². The van der Waals surface area contributed by atoms with Gasteiger partial charge in [0.25, 0.3) is 0 Å². The lowest BCUT2D eigenvalue weighted by Crippen LogP contribution is -2.08. The van der Waals surface area contributed by atoms with E-state index in [1.165, 1.54) is 5.56 Å². The zero-order valence-corrected chi connectivity index (χ0v) is 11.4. The molecule has 0 heterocycles. The summed E-state index contributed by atoms with van der Waals surface area (Å²) in [5.41, 5.74) is 3.20. The summed E-state index contributed by atoms with van der Waals surface area (Å²) in [4.78, 5) is 12.0. The first-order valence-electron chi connectivity index (χ1n) is 5.77. The van der Waals surface area contributed by atoms with Crippen molar-refractivity contribution in [2.24, 2.45) is 0 Å². The molecule has 0 aliphatic heterocycles. The van der Waals surface area contributed by atoms with Crippen molar-refractivity contribution in [2.45, 2.75) is 39.4 Å². The molecule has 1 rings (SSSR count). The lowest BCUT2D eigenvalue weighted by molar-refractivity contribution is 0.102. The van der Waals surface area contributed by atoms with E-state index in [0.29, 0.717) is 11.0 Å². The molecule has 16 heavy (non-hydrogen) atoms. The number of hydrogen-bond donors (Lipinski definition) is 0. The van der Waals surface area contributed by atoms with Crippen LogP contribution >= 0.6 is 11.8 Å². The molecule has 1 unspecified atom stereocenters. The maximum absolute atomic E-state index is 12.0. The minimum atomic E-state index is 0.256. The van der Waals surface area contributed by atoms with Gasteiger partial charge < -0.3 is 0 Å². The number of hydrogen-bond acceptors (Lipinski definition) is 2. The van der Waals surface area contributed by atoms with Crippen molar-refractivity contribution in [3.8, 4) is 0 Å². The van der Waals surface area contributed by atoms with Crippen LogP contribution in [0.4, 0.5) is 0 Å². The van der Waals surface area contributed by atoms with E-state index in [1.54, 1.807) is 11.8 Å². The van der Waals surface area contributed by atoms with Crippen LogP contribution in [0.1, 0.15) is 41.8 Å². The molecule has 2 heteroatoms. The molecule has 0 radical (unpaired) electrons. The first kappa shape index (κ1) is 13.3. The van der Waals surface area contributed by atoms with Crippen molar-refractivity contribution >= 4 is 17.5 Å². The molecular weight excluding hydrogens is 216 g/mol. The third-order valence-electron chi connectivity index (χ3n) is 2.98. The fraction of sp³-hybridized carbons (Fsp3) is 0.500. The summed E-state index contributed by atoms with van der Waals surface area (Å²) in [6.45, 7) is 8.39. The summed E-state index contributed by atoms with van der Waals surface area (Å²) in [5, 5.41) is 0.564. The maximum atomic E-state index is 12.0. The van der Waals surface area contributed by atoms with Crippen LogP contribution < -0.4 is 0 Å². The molecule has 1 aromatic rings. The third-order valence-corrected chi connectivity index (χ3v) is 4.31. The van der Waals surface area contributed by atoms with Crippen molar-refractivity contribution in [2.75, 3.05) is 5.75 Å². The molecule has 1 atom stereocenters. The van der Waals surface area contributed by atoms with Gasteiger partial charge in [-0.3, -0.25) is 4.79 Å². The van der Waals surface area contributed by atoms with Gasteiger partial charge in [-0.1, -0.05) is 32.0 Å². The van der Waals surface area contributed by atoms with E-state index in [4.69, 9.17) is 0 Å². The van der Waals surface area contributed by atoms with E-state index < -0.39 is 0 Å². The minimum Gasteiger partial charge on any atom is -0.293 e. The molecule has 88 valence electrons. The van der Waals surface area contributed by atoms with Gasteiger partial charge in [-0.15, -0.1) is 0 Å². The molecule has 0 amide bonds. The molecule has 0 bridgehead atoms. The maximum Gasteiger partial charge on any atom is 0.173 e. The lowest BCUT2D eigenvalue weighted by atomic mass is 10.0. The zero-order valence-electron chi connectivity index (χ0n) is 10.5. The number of Topliss-reactive ketones (excluding diaryl/α,β-unsaturated/α-hetero) is 1. The Kier molecular flexibility index (Phi) is 5.07. The predicted molar refractivity (Wildman–Crippen MR) is 72.5 cm³/mol. The summed E-state index contributed by atoms with van der Waals surface area (Å²) >= 11 is 1.74. The Hall–Kier alpha value is -0.760. The number of aryl methyl sites for hydroxylation is 1. The number of ketones is 1. The topological polar surface area (TPSA) is 17.1 Å². The highest BCUT2D eigenvalue weighted by atomic mass is 32.2. The minimum absolute atomic E-state index is 0.256. The predicted octanol–water partition coefficient (Wildman–Crippen LogP) is 4.02. The average molecular weight is 236 g/mol. The Bertz CT molecular complexity index is 371. The monoisotopic (exact) mass is 236 g/mol. The molecule has 0 saturated carbocycles. The van der Waals surface area contributed by atoms with Crippen molar-refractivity contribution in [3.05, 3.63) is 34.9 Å². The number of benzene rings is 1. The average Bonchev–Trinajstić information content (AvgIpc) is 2.29. The first-order valence-corrected chi connectivity index (χ1v) is 6.82. The van der Waals surface area contributed by atoms with Crippen molar-refractivity contribution in [1.82, 2.24) is 0 Å². The largest absolute Gasteiger partial charge is 0.293 e. The Morgan fingerprint density at radius 3 is 2.69 bits per heavy atom. The Morgan fingerprint density at radius 2 is 2.06 bits per heavy atom. The second kappa shape index (κ2) is 6.09. The fourth-order valence-corrected chi connectivity index (χ4v) is 2.29. The Morgan fingerprint density at radius 1 is 1.38 bits per heavy atom. The summed E-state index contributed by atoms with van der Waals surface area (Å²) in [7, 11) is 0. The lowest BCUT2D eigenvalue weighted by Gasteiger charge is -2.10. The van der Waals surface area contributed by atoms with Crippen LogP contribution in [0.25, 0.3) is 0 Å². The van der Waals surface area contributed by atoms with Crippen LogP contribution in [-0.4, -0.2) is 16.8 Å². The normalized spacial score (nSPS) is 12.5. The molecule has 1 aromatic carbocycles. The van der Waals surface area contributed by atoms with Crippen molar-refractivity contribution < 1.29 is 4.79 Å². The third kappa shape index (κ3) is 3.38. The van der Waals surface area contributed by atoms with E-state index in [1.807, 2.05) is 32.0 Å². The Labute approximate surface area is 103 Å². The van der Waals surface area contributed by atoms with E-state index in [-0.39, 0.29) is 5.78 Å². The van der Waals surface area contributed by atoms with Gasteiger partial charge in [0.1, 0.15) is 0 Å². The molecule has 0 fully saturated rings. The molecular formula is C14H20OS. The van der Waals surface area contributed by atoms with Gasteiger partial charge in [0.2, 0.25) is 0 Å². The van der Waals surface area contributed by atoms with Gasteiger partial charge in [-0.2, -0.15) is 11.8 Å². The number of rotatable bonds is 5. The van der Waals surface area contributed by atoms with Crippen LogP contribution in [0, 0.1) is 13.8 Å². The van der Waals surface area contributed by atoms with Gasteiger partial charge in [0.05, 0.1) is 5.75 Å². The van der Waals surface area contributed by atoms with E-state index >= 15 is 0 Å². The van der Waals surface area contributed by atoms with Crippen LogP contribution in [0.15, 0.2) is 18.2 Å². The quantitative estimate of drug-likeness (QED) is 0.718. The van der Waals surface area contributed by atoms with Gasteiger partial charge >= 0.3 is 0 Å². The van der Waals surface area contributed by atoms with E-state index in [0.717, 1.165) is 17.5 Å². The number of carbonyl (C=O) groups excluding carboxylic acids is 1. The molecule has 0 saturated heterocycles. The zero-order chi connectivity index (χ0) is 12.1. The fourth-order valence-electron chi connectivity index (χ4n) is 1.47. The molecule has 1 nitrogen and oxygen atoms in total. The summed E-state index contributed by atoms with van der Waals surface area (Å²) < 4.78 is 0. The first-order chi connectivity index (χ1) is 7.56. The molecule has 0 spiro atoms. The number of carbonyl (C=O) groups is 1. The summed E-state index contributed by atoms with van der Waals surface area (Å²) in [5.74, 6) is 0.853. The molecule has 0 N–H and O–H groups in total. The van der Waals surface area contributed by atoms with Gasteiger partial charge in [0, 0.05) is 10.8 Å². The molecule has 0 aromatic heterocycles. The highest BCUT2D eigenvalue weighted by Gasteiger charge is 2.11. The molecule has 0 aliphatic rings. The summed E-state index contributed by atoms with van der Waals surface area (Å²) in [6, 6.07) is 5.94. The second-order valence-electron chi connectivity index (χ2n) is 4.20. The number of thioether (sulfide) groups is 1. The van der Waals surface area contributed by atoms with Crippen LogP contribution in [0.2, 0.25) is 0 Å². The smallest absolute Gasteiger partial charge is 0.173 e. The van der Waals surface area contributed by atoms with E-state index in [2.05, 4.69) is 13.8 Å². The van der Waals surface area contributed by atoms with E-state index in [9.17, 15) is 4.79 Å². The molecule has 0 aliphatic carbocycles. The van der Waals surface area contributed by atoms with Crippen LogP contribution in [0.3, 0.4) is 0 Å².